The van der Waals surface area contributed by atoms with E-state index in [1.165, 1.54) is 23.1 Å². The van der Waals surface area contributed by atoms with E-state index in [2.05, 4.69) is 20.3 Å². The molecule has 3 aromatic heterocycles. The van der Waals surface area contributed by atoms with E-state index < -0.39 is 0 Å². The van der Waals surface area contributed by atoms with Crippen molar-refractivity contribution in [2.75, 3.05) is 5.32 Å². The lowest BCUT2D eigenvalue weighted by molar-refractivity contribution is -0.115. The summed E-state index contributed by atoms with van der Waals surface area (Å²) in [5.74, 6) is 0.914. The van der Waals surface area contributed by atoms with Gasteiger partial charge in [0, 0.05) is 16.6 Å². The highest BCUT2D eigenvalue weighted by atomic mass is 32.2. The van der Waals surface area contributed by atoms with Crippen molar-refractivity contribution < 1.29 is 4.79 Å². The quantitative estimate of drug-likeness (QED) is 0.311. The van der Waals surface area contributed by atoms with Gasteiger partial charge in [-0.25, -0.2) is 9.97 Å². The molecule has 0 aliphatic rings. The second-order valence-electron chi connectivity index (χ2n) is 7.57. The molecule has 1 amide bonds. The maximum absolute atomic E-state index is 12.8. The summed E-state index contributed by atoms with van der Waals surface area (Å²) in [4.78, 5) is 38.2. The first-order valence-electron chi connectivity index (χ1n) is 10.3. The molecule has 1 atom stereocenters. The van der Waals surface area contributed by atoms with Crippen molar-refractivity contribution in [2.24, 2.45) is 0 Å². The van der Waals surface area contributed by atoms with Crippen LogP contribution in [0.2, 0.25) is 0 Å². The third-order valence-electron chi connectivity index (χ3n) is 5.18. The zero-order valence-electron chi connectivity index (χ0n) is 17.9. The smallest absolute Gasteiger partial charge is 0.260 e. The average Bonchev–Trinajstić information content (AvgIpc) is 3.40. The number of nitrogens with one attached hydrogen (secondary N) is 2. The molecule has 5 aromatic rings. The Morgan fingerprint density at radius 1 is 1.18 bits per heavy atom. The van der Waals surface area contributed by atoms with Crippen LogP contribution in [0.25, 0.3) is 31.6 Å². The number of amides is 1. The van der Waals surface area contributed by atoms with E-state index in [4.69, 9.17) is 0 Å². The van der Waals surface area contributed by atoms with Gasteiger partial charge in [-0.1, -0.05) is 30.3 Å². The van der Waals surface area contributed by atoms with E-state index in [0.29, 0.717) is 21.8 Å². The third-order valence-corrected chi connectivity index (χ3v) is 8.14. The monoisotopic (exact) mass is 492 g/mol. The van der Waals surface area contributed by atoms with Crippen LogP contribution in [0.15, 0.2) is 58.7 Å². The van der Waals surface area contributed by atoms with Crippen molar-refractivity contribution in [3.05, 3.63) is 75.1 Å². The molecule has 2 aromatic carbocycles. The van der Waals surface area contributed by atoms with Crippen LogP contribution in [0.3, 0.4) is 0 Å². The van der Waals surface area contributed by atoms with Gasteiger partial charge in [-0.05, 0) is 37.6 Å². The van der Waals surface area contributed by atoms with Crippen LogP contribution in [0, 0.1) is 6.92 Å². The normalized spacial score (nSPS) is 12.3. The number of aromatic amines is 1. The number of hydrogen-bond donors (Lipinski definition) is 2. The van der Waals surface area contributed by atoms with E-state index in [-0.39, 0.29) is 16.7 Å². The van der Waals surface area contributed by atoms with E-state index in [1.807, 2.05) is 67.8 Å². The number of hydrogen-bond acceptors (Lipinski definition) is 7. The molecule has 3 heterocycles. The minimum absolute atomic E-state index is 0.0912. The highest BCUT2D eigenvalue weighted by Crippen LogP contribution is 2.31. The maximum Gasteiger partial charge on any atom is 0.260 e. The van der Waals surface area contributed by atoms with E-state index in [9.17, 15) is 9.59 Å². The molecular weight excluding hydrogens is 472 g/mol. The van der Waals surface area contributed by atoms with E-state index in [1.54, 1.807) is 11.3 Å². The summed E-state index contributed by atoms with van der Waals surface area (Å²) in [6.45, 7) is 3.82. The zero-order valence-corrected chi connectivity index (χ0v) is 20.4. The van der Waals surface area contributed by atoms with Gasteiger partial charge in [-0.3, -0.25) is 9.59 Å². The van der Waals surface area contributed by atoms with Crippen molar-refractivity contribution in [1.29, 1.82) is 0 Å². The Morgan fingerprint density at radius 2 is 2.00 bits per heavy atom. The third kappa shape index (κ3) is 4.57. The Bertz CT molecular complexity index is 1520. The standard InChI is InChI=1S/C24H20N4O2S3/c1-13(22(29)26-16-8-9-18-19(10-16)33-14(2)25-18)31-12-20-27-23(30)21-17(11-32-24(21)28-20)15-6-4-3-5-7-15/h3-11,13H,12H2,1-2H3,(H,26,29)(H,27,28,30). The summed E-state index contributed by atoms with van der Waals surface area (Å²) in [5, 5.41) is 6.24. The molecule has 0 fully saturated rings. The highest BCUT2D eigenvalue weighted by Gasteiger charge is 2.17. The summed E-state index contributed by atoms with van der Waals surface area (Å²) < 4.78 is 1.05. The number of thioether (sulfide) groups is 1. The number of anilines is 1. The molecule has 2 N–H and O–H groups in total. The van der Waals surface area contributed by atoms with Gasteiger partial charge in [0.2, 0.25) is 5.91 Å². The van der Waals surface area contributed by atoms with Crippen LogP contribution < -0.4 is 10.9 Å². The minimum atomic E-state index is -0.312. The number of benzene rings is 2. The van der Waals surface area contributed by atoms with Gasteiger partial charge < -0.3 is 10.3 Å². The second-order valence-corrected chi connectivity index (χ2v) is 11.0. The SMILES string of the molecule is Cc1nc2ccc(NC(=O)C(C)SCc3nc4scc(-c5ccccc5)c4c(=O)[nH]3)cc2s1. The molecule has 1 unspecified atom stereocenters. The summed E-state index contributed by atoms with van der Waals surface area (Å²) in [6.07, 6.45) is 0. The zero-order chi connectivity index (χ0) is 22.9. The summed E-state index contributed by atoms with van der Waals surface area (Å²) in [5.41, 5.74) is 3.43. The van der Waals surface area contributed by atoms with Gasteiger partial charge in [0.1, 0.15) is 10.7 Å². The molecule has 33 heavy (non-hydrogen) atoms. The van der Waals surface area contributed by atoms with Crippen LogP contribution in [0.5, 0.6) is 0 Å². The predicted octanol–water partition coefficient (Wildman–Crippen LogP) is 5.83. The highest BCUT2D eigenvalue weighted by molar-refractivity contribution is 7.99. The minimum Gasteiger partial charge on any atom is -0.325 e. The van der Waals surface area contributed by atoms with Crippen molar-refractivity contribution in [3.63, 3.8) is 0 Å². The first-order valence-corrected chi connectivity index (χ1v) is 13.1. The summed E-state index contributed by atoms with van der Waals surface area (Å²) in [7, 11) is 0. The summed E-state index contributed by atoms with van der Waals surface area (Å²) >= 11 is 4.50. The van der Waals surface area contributed by atoms with Crippen molar-refractivity contribution >= 4 is 66.5 Å². The van der Waals surface area contributed by atoms with E-state index >= 15 is 0 Å². The number of nitrogens with zero attached hydrogens (tertiary/aromatic N) is 2. The molecule has 0 radical (unpaired) electrons. The lowest BCUT2D eigenvalue weighted by Crippen LogP contribution is -2.23. The van der Waals surface area contributed by atoms with Crippen LogP contribution in [-0.4, -0.2) is 26.1 Å². The van der Waals surface area contributed by atoms with Gasteiger partial charge in [0.25, 0.3) is 5.56 Å². The number of carbonyl (C=O) groups excluding carboxylic acids is 1. The molecule has 0 aliphatic heterocycles. The fourth-order valence-corrected chi connectivity index (χ4v) is 6.12. The first-order chi connectivity index (χ1) is 16.0. The number of carbonyl (C=O) groups is 1. The Morgan fingerprint density at radius 3 is 2.82 bits per heavy atom. The number of rotatable bonds is 6. The number of thiophene rings is 1. The molecule has 9 heteroatoms. The Kier molecular flexibility index (Phi) is 6.01. The summed E-state index contributed by atoms with van der Waals surface area (Å²) in [6, 6.07) is 15.6. The lowest BCUT2D eigenvalue weighted by Gasteiger charge is -2.12. The fourth-order valence-electron chi connectivity index (χ4n) is 3.53. The number of thiazole rings is 1. The molecular formula is C24H20N4O2S3. The molecule has 5 rings (SSSR count). The molecule has 0 saturated carbocycles. The molecule has 0 saturated heterocycles. The number of aromatic nitrogens is 3. The molecule has 0 spiro atoms. The Labute approximate surface area is 202 Å². The van der Waals surface area contributed by atoms with Gasteiger partial charge >= 0.3 is 0 Å². The topological polar surface area (TPSA) is 87.7 Å². The van der Waals surface area contributed by atoms with Crippen LogP contribution >= 0.6 is 34.4 Å². The number of aryl methyl sites for hydroxylation is 1. The number of fused-ring (bicyclic) bond motifs is 2. The largest absolute Gasteiger partial charge is 0.325 e. The Hall–Kier alpha value is -3.01. The second kappa shape index (κ2) is 9.09. The van der Waals surface area contributed by atoms with Gasteiger partial charge in [-0.2, -0.15) is 0 Å². The van der Waals surface area contributed by atoms with Gasteiger partial charge in [0.05, 0.1) is 31.6 Å². The van der Waals surface area contributed by atoms with Gasteiger partial charge in [0.15, 0.2) is 0 Å². The van der Waals surface area contributed by atoms with Crippen molar-refractivity contribution in [2.45, 2.75) is 24.9 Å². The van der Waals surface area contributed by atoms with Crippen molar-refractivity contribution in [1.82, 2.24) is 15.0 Å². The molecule has 6 nitrogen and oxygen atoms in total. The van der Waals surface area contributed by atoms with Crippen LogP contribution in [0.4, 0.5) is 5.69 Å². The lowest BCUT2D eigenvalue weighted by atomic mass is 10.1. The van der Waals surface area contributed by atoms with Gasteiger partial charge in [-0.15, -0.1) is 34.4 Å². The molecule has 0 bridgehead atoms. The average molecular weight is 493 g/mol. The molecule has 0 aliphatic carbocycles. The van der Waals surface area contributed by atoms with E-state index in [0.717, 1.165) is 32.0 Å². The number of H-pyrrole nitrogens is 1. The van der Waals surface area contributed by atoms with Crippen molar-refractivity contribution in [3.8, 4) is 11.1 Å². The van der Waals surface area contributed by atoms with Crippen LogP contribution in [-0.2, 0) is 10.5 Å². The predicted molar refractivity (Wildman–Crippen MR) is 139 cm³/mol. The first kappa shape index (κ1) is 21.8. The maximum atomic E-state index is 12.8. The molecule has 166 valence electrons. The Balaban J connectivity index is 1.27. The van der Waals surface area contributed by atoms with Crippen LogP contribution in [0.1, 0.15) is 17.8 Å². The fraction of sp³-hybridized carbons (Fsp3) is 0.167.